The van der Waals surface area contributed by atoms with Crippen molar-refractivity contribution >= 4 is 27.8 Å². The number of hydrogen-bond donors (Lipinski definition) is 1. The van der Waals surface area contributed by atoms with Crippen molar-refractivity contribution < 1.29 is 32.6 Å². The third-order valence-electron chi connectivity index (χ3n) is 3.45. The number of likely N-dealkylation sites (tertiary alicyclic amines) is 1. The van der Waals surface area contributed by atoms with Gasteiger partial charge < -0.3 is 14.7 Å². The topological polar surface area (TPSA) is 66.8 Å². The summed E-state index contributed by atoms with van der Waals surface area (Å²) in [6, 6.07) is 2.57. The highest BCUT2D eigenvalue weighted by Crippen LogP contribution is 2.32. The molecule has 1 amide bonds. The van der Waals surface area contributed by atoms with Crippen LogP contribution in [0.25, 0.3) is 0 Å². The van der Waals surface area contributed by atoms with Crippen molar-refractivity contribution in [3.05, 3.63) is 28.2 Å². The Morgan fingerprint density at radius 1 is 1.30 bits per heavy atom. The number of benzene rings is 1. The lowest BCUT2D eigenvalue weighted by Gasteiger charge is -2.33. The number of halogens is 4. The molecule has 1 N–H and O–H groups in total. The summed E-state index contributed by atoms with van der Waals surface area (Å²) in [7, 11) is 0. The maximum absolute atomic E-state index is 12.5. The quantitative estimate of drug-likeness (QED) is 0.851. The molecule has 1 saturated heterocycles. The number of carbonyl (C=O) groups is 2. The minimum atomic E-state index is -4.89. The van der Waals surface area contributed by atoms with Crippen LogP contribution < -0.4 is 4.74 Å². The Morgan fingerprint density at radius 2 is 2.00 bits per heavy atom. The number of alkyl halides is 3. The summed E-state index contributed by atoms with van der Waals surface area (Å²) in [6.45, 7) is 0.251. The van der Waals surface area contributed by atoms with Crippen LogP contribution in [0.3, 0.4) is 0 Å². The largest absolute Gasteiger partial charge is 0.573 e. The first-order valence-corrected chi connectivity index (χ1v) is 7.57. The van der Waals surface area contributed by atoms with Gasteiger partial charge in [-0.25, -0.2) is 4.79 Å². The number of rotatable bonds is 3. The van der Waals surface area contributed by atoms with Gasteiger partial charge in [0, 0.05) is 12.1 Å². The molecule has 9 heteroatoms. The lowest BCUT2D eigenvalue weighted by molar-refractivity contribution is -0.274. The summed E-state index contributed by atoms with van der Waals surface area (Å²) >= 11 is 2.92. The Morgan fingerprint density at radius 3 is 2.61 bits per heavy atom. The van der Waals surface area contributed by atoms with Crippen molar-refractivity contribution in [1.29, 1.82) is 0 Å². The lowest BCUT2D eigenvalue weighted by atomic mass is 10.0. The molecule has 0 spiro atoms. The molecule has 0 radical (unpaired) electrons. The van der Waals surface area contributed by atoms with Crippen LogP contribution in [0.4, 0.5) is 13.2 Å². The van der Waals surface area contributed by atoms with Gasteiger partial charge in [0.2, 0.25) is 0 Å². The number of aliphatic carboxylic acids is 1. The number of nitrogens with zero attached hydrogens (tertiary/aromatic N) is 1. The van der Waals surface area contributed by atoms with Crippen LogP contribution in [0.15, 0.2) is 22.7 Å². The van der Waals surface area contributed by atoms with Gasteiger partial charge in [-0.1, -0.05) is 0 Å². The van der Waals surface area contributed by atoms with Crippen LogP contribution in [0.5, 0.6) is 5.75 Å². The zero-order valence-electron chi connectivity index (χ0n) is 11.8. The molecule has 5 nitrogen and oxygen atoms in total. The molecule has 1 aliphatic rings. The molecule has 1 fully saturated rings. The molecule has 1 aliphatic heterocycles. The summed E-state index contributed by atoms with van der Waals surface area (Å²) < 4.78 is 41.0. The van der Waals surface area contributed by atoms with E-state index in [4.69, 9.17) is 0 Å². The number of carboxylic acids is 1. The van der Waals surface area contributed by atoms with Gasteiger partial charge in [-0.2, -0.15) is 0 Å². The molecule has 1 aromatic rings. The van der Waals surface area contributed by atoms with E-state index in [1.807, 2.05) is 0 Å². The van der Waals surface area contributed by atoms with Crippen molar-refractivity contribution in [3.63, 3.8) is 0 Å². The first-order chi connectivity index (χ1) is 10.7. The first-order valence-electron chi connectivity index (χ1n) is 6.78. The van der Waals surface area contributed by atoms with Crippen molar-refractivity contribution in [2.24, 2.45) is 0 Å². The van der Waals surface area contributed by atoms with Gasteiger partial charge in [-0.05, 0) is 53.4 Å². The van der Waals surface area contributed by atoms with E-state index >= 15 is 0 Å². The fourth-order valence-corrected chi connectivity index (χ4v) is 2.76. The summed E-state index contributed by atoms with van der Waals surface area (Å²) in [6.07, 6.45) is -3.23. The molecule has 1 atom stereocenters. The zero-order valence-corrected chi connectivity index (χ0v) is 13.4. The highest BCUT2D eigenvalue weighted by atomic mass is 79.9. The van der Waals surface area contributed by atoms with E-state index in [0.29, 0.717) is 19.3 Å². The lowest BCUT2D eigenvalue weighted by Crippen LogP contribution is -2.48. The molecule has 0 unspecified atom stereocenters. The standard InChI is InChI=1S/C14H13BrF3NO4/c15-9-5-4-8(7-11(9)23-14(16,17)18)12(20)19-6-2-1-3-10(19)13(21)22/h4-5,7,10H,1-3,6H2,(H,21,22)/t10-/m1/s1. The van der Waals surface area contributed by atoms with Crippen LogP contribution in [-0.4, -0.2) is 40.8 Å². The number of carboxylic acid groups (broad SMARTS) is 1. The average molecular weight is 396 g/mol. The molecule has 23 heavy (non-hydrogen) atoms. The fourth-order valence-electron chi connectivity index (χ4n) is 2.44. The van der Waals surface area contributed by atoms with E-state index < -0.39 is 30.0 Å². The monoisotopic (exact) mass is 395 g/mol. The van der Waals surface area contributed by atoms with E-state index in [-0.39, 0.29) is 16.6 Å². The Labute approximate surface area is 138 Å². The summed E-state index contributed by atoms with van der Waals surface area (Å²) in [5, 5.41) is 9.18. The fraction of sp³-hybridized carbons (Fsp3) is 0.429. The van der Waals surface area contributed by atoms with Gasteiger partial charge in [0.15, 0.2) is 0 Å². The molecule has 0 saturated carbocycles. The zero-order chi connectivity index (χ0) is 17.2. The predicted octanol–water partition coefficient (Wildman–Crippen LogP) is 3.43. The maximum Gasteiger partial charge on any atom is 0.573 e. The Balaban J connectivity index is 2.28. The van der Waals surface area contributed by atoms with Gasteiger partial charge in [-0.3, -0.25) is 4.79 Å². The smallest absolute Gasteiger partial charge is 0.480 e. The van der Waals surface area contributed by atoms with Crippen molar-refractivity contribution in [2.45, 2.75) is 31.7 Å². The molecule has 0 aliphatic carbocycles. The van der Waals surface area contributed by atoms with E-state index in [1.54, 1.807) is 0 Å². The SMILES string of the molecule is O=C(O)[C@H]1CCCCN1C(=O)c1ccc(Br)c(OC(F)(F)F)c1. The average Bonchev–Trinajstić information content (AvgIpc) is 2.47. The Kier molecular flexibility index (Phi) is 5.18. The molecular formula is C14H13BrF3NO4. The summed E-state index contributed by atoms with van der Waals surface area (Å²) in [4.78, 5) is 24.9. The van der Waals surface area contributed by atoms with Crippen LogP contribution in [0.1, 0.15) is 29.6 Å². The minimum Gasteiger partial charge on any atom is -0.480 e. The normalized spacial score (nSPS) is 18.6. The summed E-state index contributed by atoms with van der Waals surface area (Å²) in [5.41, 5.74) is -0.0550. The van der Waals surface area contributed by atoms with Gasteiger partial charge in [0.05, 0.1) is 4.47 Å². The number of piperidine rings is 1. The molecule has 0 bridgehead atoms. The number of ether oxygens (including phenoxy) is 1. The third-order valence-corrected chi connectivity index (χ3v) is 4.11. The molecule has 1 heterocycles. The number of hydrogen-bond acceptors (Lipinski definition) is 3. The minimum absolute atomic E-state index is 0.0415. The Hall–Kier alpha value is -1.77. The maximum atomic E-state index is 12.5. The summed E-state index contributed by atoms with van der Waals surface area (Å²) in [5.74, 6) is -2.30. The van der Waals surface area contributed by atoms with Crippen molar-refractivity contribution in [3.8, 4) is 5.75 Å². The van der Waals surface area contributed by atoms with E-state index in [9.17, 15) is 27.9 Å². The van der Waals surface area contributed by atoms with Crippen LogP contribution in [0, 0.1) is 0 Å². The van der Waals surface area contributed by atoms with Crippen molar-refractivity contribution in [1.82, 2.24) is 4.90 Å². The van der Waals surface area contributed by atoms with Gasteiger partial charge >= 0.3 is 12.3 Å². The highest BCUT2D eigenvalue weighted by Gasteiger charge is 2.34. The van der Waals surface area contributed by atoms with Gasteiger partial charge in [-0.15, -0.1) is 13.2 Å². The number of amides is 1. The van der Waals surface area contributed by atoms with E-state index in [1.165, 1.54) is 17.0 Å². The molecule has 0 aromatic heterocycles. The van der Waals surface area contributed by atoms with Crippen LogP contribution >= 0.6 is 15.9 Å². The third kappa shape index (κ3) is 4.37. The van der Waals surface area contributed by atoms with Gasteiger partial charge in [0.25, 0.3) is 5.91 Å². The molecular weight excluding hydrogens is 383 g/mol. The van der Waals surface area contributed by atoms with Crippen molar-refractivity contribution in [2.75, 3.05) is 6.54 Å². The molecule has 1 aromatic carbocycles. The van der Waals surface area contributed by atoms with E-state index in [2.05, 4.69) is 20.7 Å². The highest BCUT2D eigenvalue weighted by molar-refractivity contribution is 9.10. The second-order valence-corrected chi connectivity index (χ2v) is 5.90. The second-order valence-electron chi connectivity index (χ2n) is 5.04. The molecule has 126 valence electrons. The predicted molar refractivity (Wildman–Crippen MR) is 77.1 cm³/mol. The van der Waals surface area contributed by atoms with Crippen LogP contribution in [-0.2, 0) is 4.79 Å². The van der Waals surface area contributed by atoms with E-state index in [0.717, 1.165) is 6.07 Å². The number of carbonyl (C=O) groups excluding carboxylic acids is 1. The first kappa shape index (κ1) is 17.6. The van der Waals surface area contributed by atoms with Gasteiger partial charge in [0.1, 0.15) is 11.8 Å². The van der Waals surface area contributed by atoms with Crippen LogP contribution in [0.2, 0.25) is 0 Å². The molecule has 2 rings (SSSR count). The Bertz CT molecular complexity index is 621. The second kappa shape index (κ2) is 6.77.